The number of hydrogen-bond acceptors (Lipinski definition) is 4. The zero-order valence-corrected chi connectivity index (χ0v) is 14.9. The summed E-state index contributed by atoms with van der Waals surface area (Å²) in [6.45, 7) is 0. The van der Waals surface area contributed by atoms with E-state index in [2.05, 4.69) is 15.5 Å². The molecule has 0 aliphatic carbocycles. The molecule has 2 N–H and O–H groups in total. The third-order valence-electron chi connectivity index (χ3n) is 4.31. The van der Waals surface area contributed by atoms with Gasteiger partial charge in [0.25, 0.3) is 5.91 Å². The average molecular weight is 367 g/mol. The molecule has 0 aliphatic rings. The molecular formula is C23H17N3O2. The van der Waals surface area contributed by atoms with Crippen molar-refractivity contribution in [3.05, 3.63) is 96.6 Å². The number of nitrogens with zero attached hydrogens (tertiary/aromatic N) is 2. The molecule has 4 rings (SSSR count). The minimum absolute atomic E-state index is 0.0267. The van der Waals surface area contributed by atoms with Crippen molar-refractivity contribution in [1.82, 2.24) is 0 Å². The second-order valence-electron chi connectivity index (χ2n) is 6.19. The zero-order chi connectivity index (χ0) is 19.3. The molecule has 0 heterocycles. The summed E-state index contributed by atoms with van der Waals surface area (Å²) < 4.78 is 0. The first-order valence-corrected chi connectivity index (χ1v) is 8.80. The van der Waals surface area contributed by atoms with Gasteiger partial charge in [-0.1, -0.05) is 54.6 Å². The first-order chi connectivity index (χ1) is 13.7. The predicted octanol–water partition coefficient (Wildman–Crippen LogP) is 6.21. The third-order valence-corrected chi connectivity index (χ3v) is 4.31. The number of carbonyl (C=O) groups is 1. The van der Waals surface area contributed by atoms with E-state index >= 15 is 0 Å². The van der Waals surface area contributed by atoms with E-state index in [1.165, 1.54) is 0 Å². The van der Waals surface area contributed by atoms with Crippen molar-refractivity contribution in [2.75, 3.05) is 5.32 Å². The Hall–Kier alpha value is -3.99. The summed E-state index contributed by atoms with van der Waals surface area (Å²) >= 11 is 0. The summed E-state index contributed by atoms with van der Waals surface area (Å²) in [5.74, 6) is -0.273. The Morgan fingerprint density at radius 2 is 1.46 bits per heavy atom. The van der Waals surface area contributed by atoms with Gasteiger partial charge in [-0.3, -0.25) is 4.79 Å². The number of azo groups is 1. The van der Waals surface area contributed by atoms with Crippen LogP contribution < -0.4 is 5.32 Å². The Labute approximate surface area is 162 Å². The van der Waals surface area contributed by atoms with Crippen LogP contribution in [-0.2, 0) is 0 Å². The fourth-order valence-corrected chi connectivity index (χ4v) is 2.92. The minimum Gasteiger partial charge on any atom is -0.505 e. The molecule has 4 aromatic carbocycles. The number of nitrogens with one attached hydrogen (secondary N) is 1. The quantitative estimate of drug-likeness (QED) is 0.421. The number of hydrogen-bond donors (Lipinski definition) is 2. The highest BCUT2D eigenvalue weighted by Gasteiger charge is 2.13. The van der Waals surface area contributed by atoms with Crippen molar-refractivity contribution in [2.24, 2.45) is 10.2 Å². The van der Waals surface area contributed by atoms with Crippen molar-refractivity contribution < 1.29 is 9.90 Å². The van der Waals surface area contributed by atoms with Crippen LogP contribution >= 0.6 is 0 Å². The topological polar surface area (TPSA) is 74.0 Å². The minimum atomic E-state index is -0.246. The molecule has 0 saturated carbocycles. The zero-order valence-electron chi connectivity index (χ0n) is 14.9. The van der Waals surface area contributed by atoms with Gasteiger partial charge in [0.15, 0.2) is 5.75 Å². The van der Waals surface area contributed by atoms with E-state index in [0.717, 1.165) is 5.39 Å². The first kappa shape index (κ1) is 17.4. The highest BCUT2D eigenvalue weighted by atomic mass is 16.3. The van der Waals surface area contributed by atoms with E-state index < -0.39 is 0 Å². The monoisotopic (exact) mass is 367 g/mol. The number of carbonyl (C=O) groups excluding carboxylic acids is 1. The molecule has 0 radical (unpaired) electrons. The normalized spacial score (nSPS) is 11.0. The van der Waals surface area contributed by atoms with E-state index in [-0.39, 0.29) is 11.7 Å². The molecule has 0 fully saturated rings. The maximum absolute atomic E-state index is 12.5. The molecule has 136 valence electrons. The summed E-state index contributed by atoms with van der Waals surface area (Å²) in [5.41, 5.74) is 2.07. The second-order valence-corrected chi connectivity index (χ2v) is 6.19. The molecule has 4 aromatic rings. The van der Waals surface area contributed by atoms with Crippen molar-refractivity contribution in [2.45, 2.75) is 0 Å². The predicted molar refractivity (Wildman–Crippen MR) is 111 cm³/mol. The molecular weight excluding hydrogens is 350 g/mol. The van der Waals surface area contributed by atoms with E-state index in [4.69, 9.17) is 0 Å². The second kappa shape index (κ2) is 7.72. The number of phenols is 1. The van der Waals surface area contributed by atoms with Gasteiger partial charge in [-0.15, -0.1) is 5.11 Å². The van der Waals surface area contributed by atoms with Crippen LogP contribution in [0.15, 0.2) is 101 Å². The number of aromatic hydroxyl groups is 1. The van der Waals surface area contributed by atoms with Crippen LogP contribution in [0.3, 0.4) is 0 Å². The summed E-state index contributed by atoms with van der Waals surface area (Å²) in [6, 6.07) is 27.2. The van der Waals surface area contributed by atoms with Gasteiger partial charge in [-0.25, -0.2) is 0 Å². The molecule has 0 bridgehead atoms. The van der Waals surface area contributed by atoms with Gasteiger partial charge in [0.05, 0.1) is 11.4 Å². The van der Waals surface area contributed by atoms with Crippen LogP contribution in [0, 0.1) is 0 Å². The van der Waals surface area contributed by atoms with Crippen LogP contribution in [0.5, 0.6) is 5.75 Å². The Balaban J connectivity index is 1.72. The smallest absolute Gasteiger partial charge is 0.255 e. The lowest BCUT2D eigenvalue weighted by Crippen LogP contribution is -2.11. The average Bonchev–Trinajstić information content (AvgIpc) is 2.75. The maximum Gasteiger partial charge on any atom is 0.255 e. The molecule has 5 nitrogen and oxygen atoms in total. The van der Waals surface area contributed by atoms with Gasteiger partial charge in [0, 0.05) is 10.9 Å². The number of rotatable bonds is 4. The molecule has 0 saturated heterocycles. The first-order valence-electron chi connectivity index (χ1n) is 8.80. The third kappa shape index (κ3) is 3.59. The Morgan fingerprint density at radius 3 is 2.21 bits per heavy atom. The lowest BCUT2D eigenvalue weighted by atomic mass is 10.1. The molecule has 0 atom stereocenters. The van der Waals surface area contributed by atoms with Gasteiger partial charge in [-0.05, 0) is 41.8 Å². The number of anilines is 1. The Kier molecular flexibility index (Phi) is 4.80. The lowest BCUT2D eigenvalue weighted by Gasteiger charge is -2.11. The van der Waals surface area contributed by atoms with Gasteiger partial charge >= 0.3 is 0 Å². The number of fused-ring (bicyclic) bond motifs is 1. The number of phenolic OH excluding ortho intramolecular Hbond substituents is 1. The fourth-order valence-electron chi connectivity index (χ4n) is 2.92. The Morgan fingerprint density at radius 1 is 0.750 bits per heavy atom. The summed E-state index contributed by atoms with van der Waals surface area (Å²) in [5, 5.41) is 23.3. The molecule has 28 heavy (non-hydrogen) atoms. The van der Waals surface area contributed by atoms with E-state index in [0.29, 0.717) is 28.0 Å². The molecule has 1 amide bonds. The SMILES string of the molecule is O=C(Nc1cccc2ccc(N=Nc3ccccc3)c(O)c12)c1ccccc1. The fraction of sp³-hybridized carbons (Fsp3) is 0. The Bertz CT molecular complexity index is 1160. The van der Waals surface area contributed by atoms with E-state index in [9.17, 15) is 9.90 Å². The largest absolute Gasteiger partial charge is 0.505 e. The molecule has 5 heteroatoms. The molecule has 0 spiro atoms. The molecule has 0 aromatic heterocycles. The van der Waals surface area contributed by atoms with Crippen molar-refractivity contribution in [1.29, 1.82) is 0 Å². The summed E-state index contributed by atoms with van der Waals surface area (Å²) in [7, 11) is 0. The van der Waals surface area contributed by atoms with Crippen LogP contribution in [0.1, 0.15) is 10.4 Å². The highest BCUT2D eigenvalue weighted by Crippen LogP contribution is 2.39. The van der Waals surface area contributed by atoms with E-state index in [1.807, 2.05) is 54.6 Å². The van der Waals surface area contributed by atoms with Crippen LogP contribution in [-0.4, -0.2) is 11.0 Å². The van der Waals surface area contributed by atoms with Crippen molar-refractivity contribution >= 4 is 33.7 Å². The maximum atomic E-state index is 12.5. The van der Waals surface area contributed by atoms with Gasteiger partial charge < -0.3 is 10.4 Å². The summed E-state index contributed by atoms with van der Waals surface area (Å²) in [6.07, 6.45) is 0. The van der Waals surface area contributed by atoms with Crippen molar-refractivity contribution in [3.8, 4) is 5.75 Å². The van der Waals surface area contributed by atoms with Gasteiger partial charge in [-0.2, -0.15) is 5.11 Å². The molecule has 0 aliphatic heterocycles. The number of benzene rings is 4. The number of amides is 1. The van der Waals surface area contributed by atoms with Gasteiger partial charge in [0.1, 0.15) is 5.69 Å². The van der Waals surface area contributed by atoms with Crippen LogP contribution in [0.4, 0.5) is 17.1 Å². The standard InChI is InChI=1S/C23H17N3O2/c27-22-20(26-25-18-11-5-2-6-12-18)15-14-16-10-7-13-19(21(16)22)24-23(28)17-8-3-1-4-9-17/h1-15,27H,(H,24,28). The van der Waals surface area contributed by atoms with Gasteiger partial charge in [0.2, 0.25) is 0 Å². The van der Waals surface area contributed by atoms with Crippen molar-refractivity contribution in [3.63, 3.8) is 0 Å². The van der Waals surface area contributed by atoms with Crippen LogP contribution in [0.2, 0.25) is 0 Å². The van der Waals surface area contributed by atoms with E-state index in [1.54, 1.807) is 36.4 Å². The molecule has 0 unspecified atom stereocenters. The summed E-state index contributed by atoms with van der Waals surface area (Å²) in [4.78, 5) is 12.5. The lowest BCUT2D eigenvalue weighted by molar-refractivity contribution is 0.102. The van der Waals surface area contributed by atoms with Crippen LogP contribution in [0.25, 0.3) is 10.8 Å². The highest BCUT2D eigenvalue weighted by molar-refractivity contribution is 6.11.